The molecule has 3 heteroatoms. The highest BCUT2D eigenvalue weighted by molar-refractivity contribution is 6.12. The van der Waals surface area contributed by atoms with Crippen molar-refractivity contribution in [2.75, 3.05) is 4.90 Å². The lowest BCUT2D eigenvalue weighted by Gasteiger charge is -2.24. The average Bonchev–Trinajstić information content (AvgIpc) is 2.75. The molecule has 1 atom stereocenters. The van der Waals surface area contributed by atoms with Gasteiger partial charge in [0.1, 0.15) is 5.78 Å². The number of anilines is 2. The van der Waals surface area contributed by atoms with Crippen LogP contribution in [0.5, 0.6) is 0 Å². The van der Waals surface area contributed by atoms with E-state index >= 15 is 0 Å². The summed E-state index contributed by atoms with van der Waals surface area (Å²) < 4.78 is 0. The Labute approximate surface area is 130 Å². The van der Waals surface area contributed by atoms with Gasteiger partial charge in [-0.15, -0.1) is 0 Å². The van der Waals surface area contributed by atoms with Gasteiger partial charge in [-0.1, -0.05) is 36.4 Å². The molecule has 0 bridgehead atoms. The zero-order valence-corrected chi connectivity index (χ0v) is 12.9. The number of fused-ring (bicyclic) bond motifs is 1. The first-order chi connectivity index (χ1) is 10.5. The van der Waals surface area contributed by atoms with Crippen molar-refractivity contribution in [3.8, 4) is 0 Å². The van der Waals surface area contributed by atoms with E-state index in [0.29, 0.717) is 12.8 Å². The van der Waals surface area contributed by atoms with Crippen molar-refractivity contribution in [1.29, 1.82) is 0 Å². The molecule has 1 unspecified atom stereocenters. The van der Waals surface area contributed by atoms with Crippen LogP contribution in [0.25, 0.3) is 0 Å². The van der Waals surface area contributed by atoms with E-state index in [-0.39, 0.29) is 11.7 Å². The number of hydrogen-bond acceptors (Lipinski definition) is 2. The quantitative estimate of drug-likeness (QED) is 0.854. The number of benzene rings is 2. The van der Waals surface area contributed by atoms with E-state index in [1.54, 1.807) is 11.8 Å². The third kappa shape index (κ3) is 2.23. The molecular weight excluding hydrogens is 274 g/mol. The predicted molar refractivity (Wildman–Crippen MR) is 87.3 cm³/mol. The summed E-state index contributed by atoms with van der Waals surface area (Å²) in [6.07, 6.45) is 0.959. The summed E-state index contributed by atoms with van der Waals surface area (Å²) in [4.78, 5) is 26.3. The molecule has 0 saturated heterocycles. The van der Waals surface area contributed by atoms with Gasteiger partial charge in [-0.2, -0.15) is 0 Å². The van der Waals surface area contributed by atoms with Gasteiger partial charge in [0, 0.05) is 12.1 Å². The summed E-state index contributed by atoms with van der Waals surface area (Å²) in [5.74, 6) is 0.158. The van der Waals surface area contributed by atoms with Gasteiger partial charge in [0.2, 0.25) is 5.91 Å². The molecule has 1 heterocycles. The number of rotatable bonds is 4. The Morgan fingerprint density at radius 3 is 2.36 bits per heavy atom. The zero-order chi connectivity index (χ0) is 15.7. The Hall–Kier alpha value is -2.42. The SMILES string of the molecule is CC(=O)CCC1(C)C(=O)N(c2ccccc2)c2ccccc21. The third-order valence-electron chi connectivity index (χ3n) is 4.41. The number of Topliss-reactive ketones (excluding diaryl/α,β-unsaturated/α-hetero) is 1. The fourth-order valence-corrected chi connectivity index (χ4v) is 3.11. The highest BCUT2D eigenvalue weighted by Crippen LogP contribution is 2.47. The number of hydrogen-bond donors (Lipinski definition) is 0. The molecule has 1 aliphatic heterocycles. The Kier molecular flexibility index (Phi) is 3.57. The molecule has 3 nitrogen and oxygen atoms in total. The van der Waals surface area contributed by atoms with Gasteiger partial charge >= 0.3 is 0 Å². The van der Waals surface area contributed by atoms with Crippen LogP contribution in [0.1, 0.15) is 32.3 Å². The monoisotopic (exact) mass is 293 g/mol. The van der Waals surface area contributed by atoms with Gasteiger partial charge in [-0.05, 0) is 44.0 Å². The van der Waals surface area contributed by atoms with Crippen LogP contribution < -0.4 is 4.90 Å². The van der Waals surface area contributed by atoms with Crippen molar-refractivity contribution in [2.24, 2.45) is 0 Å². The molecule has 0 aromatic heterocycles. The van der Waals surface area contributed by atoms with Crippen LogP contribution in [0.15, 0.2) is 54.6 Å². The molecule has 1 amide bonds. The van der Waals surface area contributed by atoms with Gasteiger partial charge in [0.05, 0.1) is 11.1 Å². The van der Waals surface area contributed by atoms with Crippen molar-refractivity contribution < 1.29 is 9.59 Å². The van der Waals surface area contributed by atoms with Gasteiger partial charge in [0.15, 0.2) is 0 Å². The van der Waals surface area contributed by atoms with Crippen LogP contribution in [-0.2, 0) is 15.0 Å². The molecule has 22 heavy (non-hydrogen) atoms. The minimum Gasteiger partial charge on any atom is -0.300 e. The summed E-state index contributed by atoms with van der Waals surface area (Å²) >= 11 is 0. The number of carbonyl (C=O) groups is 2. The van der Waals surface area contributed by atoms with E-state index in [0.717, 1.165) is 16.9 Å². The van der Waals surface area contributed by atoms with E-state index in [1.165, 1.54) is 0 Å². The maximum Gasteiger partial charge on any atom is 0.242 e. The maximum absolute atomic E-state index is 13.1. The predicted octanol–water partition coefficient (Wildman–Crippen LogP) is 3.99. The molecule has 2 aromatic carbocycles. The van der Waals surface area contributed by atoms with Crippen LogP contribution in [0.2, 0.25) is 0 Å². The molecular formula is C19H19NO2. The molecule has 3 rings (SSSR count). The number of nitrogens with zero attached hydrogens (tertiary/aromatic N) is 1. The van der Waals surface area contributed by atoms with Crippen molar-refractivity contribution in [3.05, 3.63) is 60.2 Å². The van der Waals surface area contributed by atoms with Crippen molar-refractivity contribution in [3.63, 3.8) is 0 Å². The lowest BCUT2D eigenvalue weighted by atomic mass is 9.79. The molecule has 112 valence electrons. The van der Waals surface area contributed by atoms with Gasteiger partial charge in [-0.3, -0.25) is 9.69 Å². The molecule has 0 aliphatic carbocycles. The van der Waals surface area contributed by atoms with Crippen LogP contribution in [0, 0.1) is 0 Å². The van der Waals surface area contributed by atoms with Crippen molar-refractivity contribution in [1.82, 2.24) is 0 Å². The summed E-state index contributed by atoms with van der Waals surface area (Å²) in [6, 6.07) is 17.5. The molecule has 0 saturated carbocycles. The molecule has 0 radical (unpaired) electrons. The fraction of sp³-hybridized carbons (Fsp3) is 0.263. The lowest BCUT2D eigenvalue weighted by molar-refractivity contribution is -0.122. The topological polar surface area (TPSA) is 37.4 Å². The van der Waals surface area contributed by atoms with Gasteiger partial charge < -0.3 is 4.79 Å². The molecule has 0 spiro atoms. The minimum atomic E-state index is -0.641. The average molecular weight is 293 g/mol. The van der Waals surface area contributed by atoms with Crippen LogP contribution in [0.3, 0.4) is 0 Å². The van der Waals surface area contributed by atoms with E-state index in [1.807, 2.05) is 61.5 Å². The first kappa shape index (κ1) is 14.5. The third-order valence-corrected chi connectivity index (χ3v) is 4.41. The van der Waals surface area contributed by atoms with Crippen LogP contribution >= 0.6 is 0 Å². The van der Waals surface area contributed by atoms with Crippen molar-refractivity contribution >= 4 is 23.1 Å². The van der Waals surface area contributed by atoms with Crippen LogP contribution in [0.4, 0.5) is 11.4 Å². The second-order valence-electron chi connectivity index (χ2n) is 6.03. The normalized spacial score (nSPS) is 20.1. The molecule has 1 aliphatic rings. The zero-order valence-electron chi connectivity index (χ0n) is 12.9. The Morgan fingerprint density at radius 2 is 1.68 bits per heavy atom. The fourth-order valence-electron chi connectivity index (χ4n) is 3.11. The van der Waals surface area contributed by atoms with Crippen LogP contribution in [-0.4, -0.2) is 11.7 Å². The Bertz CT molecular complexity index is 723. The smallest absolute Gasteiger partial charge is 0.242 e. The first-order valence-corrected chi connectivity index (χ1v) is 7.52. The summed E-state index contributed by atoms with van der Waals surface area (Å²) in [6.45, 7) is 3.52. The number of ketones is 1. The maximum atomic E-state index is 13.1. The molecule has 0 fully saturated rings. The number of carbonyl (C=O) groups excluding carboxylic acids is 2. The Morgan fingerprint density at radius 1 is 1.05 bits per heavy atom. The van der Waals surface area contributed by atoms with Gasteiger partial charge in [-0.25, -0.2) is 0 Å². The Balaban J connectivity index is 2.09. The van der Waals surface area contributed by atoms with Crippen molar-refractivity contribution in [2.45, 2.75) is 32.1 Å². The second-order valence-corrected chi connectivity index (χ2v) is 6.03. The largest absolute Gasteiger partial charge is 0.300 e. The second kappa shape index (κ2) is 5.41. The summed E-state index contributed by atoms with van der Waals surface area (Å²) in [5.41, 5.74) is 2.15. The van der Waals surface area contributed by atoms with E-state index < -0.39 is 5.41 Å². The number of amides is 1. The van der Waals surface area contributed by atoms with E-state index in [2.05, 4.69) is 0 Å². The number of para-hydroxylation sites is 2. The minimum absolute atomic E-state index is 0.0427. The van der Waals surface area contributed by atoms with E-state index in [9.17, 15) is 9.59 Å². The first-order valence-electron chi connectivity index (χ1n) is 7.52. The molecule has 2 aromatic rings. The summed E-state index contributed by atoms with van der Waals surface area (Å²) in [7, 11) is 0. The van der Waals surface area contributed by atoms with E-state index in [4.69, 9.17) is 0 Å². The van der Waals surface area contributed by atoms with Gasteiger partial charge in [0.25, 0.3) is 0 Å². The lowest BCUT2D eigenvalue weighted by Crippen LogP contribution is -2.36. The molecule has 0 N–H and O–H groups in total. The highest BCUT2D eigenvalue weighted by Gasteiger charge is 2.47. The standard InChI is InChI=1S/C19H19NO2/c1-14(21)12-13-19(2)16-10-6-7-11-17(16)20(18(19)22)15-8-4-3-5-9-15/h3-11H,12-13H2,1-2H3. The highest BCUT2D eigenvalue weighted by atomic mass is 16.2. The summed E-state index contributed by atoms with van der Waals surface area (Å²) in [5, 5.41) is 0.